The van der Waals surface area contributed by atoms with Gasteiger partial charge in [0.15, 0.2) is 5.11 Å². The number of hydrogen-bond donors (Lipinski definition) is 1. The molecule has 1 heterocycles. The Morgan fingerprint density at radius 2 is 2.18 bits per heavy atom. The monoisotopic (exact) mass is 382 g/mol. The Bertz CT molecular complexity index is 659. The van der Waals surface area contributed by atoms with Crippen LogP contribution < -0.4 is 10.1 Å². The molecule has 1 aromatic heterocycles. The fourth-order valence-corrected chi connectivity index (χ4v) is 2.67. The van der Waals surface area contributed by atoms with E-state index in [0.717, 1.165) is 28.1 Å². The van der Waals surface area contributed by atoms with Crippen LogP contribution in [-0.4, -0.2) is 34.0 Å². The van der Waals surface area contributed by atoms with Gasteiger partial charge in [0.2, 0.25) is 0 Å². The molecule has 2 rings (SSSR count). The Balaban J connectivity index is 2.08. The van der Waals surface area contributed by atoms with Crippen LogP contribution in [0.1, 0.15) is 12.6 Å². The molecule has 0 saturated heterocycles. The number of para-hydroxylation sites is 2. The summed E-state index contributed by atoms with van der Waals surface area (Å²) < 4.78 is 8.26. The van der Waals surface area contributed by atoms with Crippen LogP contribution >= 0.6 is 28.1 Å². The van der Waals surface area contributed by atoms with Crippen LogP contribution in [0.5, 0.6) is 5.75 Å². The van der Waals surface area contributed by atoms with Crippen LogP contribution in [0.2, 0.25) is 0 Å². The van der Waals surface area contributed by atoms with E-state index in [1.54, 1.807) is 7.11 Å². The third-order valence-electron chi connectivity index (χ3n) is 3.28. The molecular formula is C15H19BrN4OS. The number of anilines is 1. The van der Waals surface area contributed by atoms with Gasteiger partial charge < -0.3 is 15.0 Å². The van der Waals surface area contributed by atoms with Gasteiger partial charge in [-0.15, -0.1) is 0 Å². The van der Waals surface area contributed by atoms with Gasteiger partial charge in [0.05, 0.1) is 35.7 Å². The number of aryl methyl sites for hydroxylation is 1. The number of methoxy groups -OCH3 is 1. The number of rotatable bonds is 5. The molecule has 0 atom stereocenters. The number of nitrogens with one attached hydrogen (secondary N) is 1. The SMILES string of the molecule is CCn1ncc(Br)c1CN(C)C(=S)Nc1ccccc1OC. The predicted octanol–water partition coefficient (Wildman–Crippen LogP) is 3.50. The van der Waals surface area contributed by atoms with E-state index in [1.165, 1.54) is 0 Å². The van der Waals surface area contributed by atoms with Crippen LogP contribution in [-0.2, 0) is 13.1 Å². The summed E-state index contributed by atoms with van der Waals surface area (Å²) in [6.07, 6.45) is 1.81. The quantitative estimate of drug-likeness (QED) is 0.801. The molecule has 2 aromatic rings. The summed E-state index contributed by atoms with van der Waals surface area (Å²) in [6.45, 7) is 3.55. The zero-order valence-corrected chi connectivity index (χ0v) is 15.2. The maximum Gasteiger partial charge on any atom is 0.173 e. The molecule has 0 bridgehead atoms. The molecule has 0 radical (unpaired) electrons. The number of aromatic nitrogens is 2. The van der Waals surface area contributed by atoms with E-state index in [4.69, 9.17) is 17.0 Å². The number of halogens is 1. The van der Waals surface area contributed by atoms with Crippen molar-refractivity contribution in [3.8, 4) is 5.75 Å². The maximum absolute atomic E-state index is 5.48. The molecule has 0 saturated carbocycles. The first-order valence-electron chi connectivity index (χ1n) is 6.92. The van der Waals surface area contributed by atoms with Crippen LogP contribution in [0.3, 0.4) is 0 Å². The molecule has 0 fully saturated rings. The smallest absolute Gasteiger partial charge is 0.173 e. The van der Waals surface area contributed by atoms with Gasteiger partial charge in [-0.25, -0.2) is 0 Å². The van der Waals surface area contributed by atoms with Crippen LogP contribution in [0.15, 0.2) is 34.9 Å². The summed E-state index contributed by atoms with van der Waals surface area (Å²) in [5.41, 5.74) is 1.94. The van der Waals surface area contributed by atoms with Crippen LogP contribution in [0.4, 0.5) is 5.69 Å². The van der Waals surface area contributed by atoms with Gasteiger partial charge in [0.1, 0.15) is 5.75 Å². The highest BCUT2D eigenvalue weighted by Crippen LogP contribution is 2.24. The average molecular weight is 383 g/mol. The lowest BCUT2D eigenvalue weighted by atomic mass is 10.3. The molecule has 5 nitrogen and oxygen atoms in total. The first-order chi connectivity index (χ1) is 10.6. The molecule has 0 unspecified atom stereocenters. The molecule has 1 N–H and O–H groups in total. The van der Waals surface area contributed by atoms with Crippen molar-refractivity contribution in [1.82, 2.24) is 14.7 Å². The van der Waals surface area contributed by atoms with Crippen molar-refractivity contribution in [1.29, 1.82) is 0 Å². The highest BCUT2D eigenvalue weighted by molar-refractivity contribution is 9.10. The van der Waals surface area contributed by atoms with Crippen molar-refractivity contribution in [2.45, 2.75) is 20.0 Å². The van der Waals surface area contributed by atoms with Gasteiger partial charge in [0.25, 0.3) is 0 Å². The summed E-state index contributed by atoms with van der Waals surface area (Å²) in [6, 6.07) is 7.70. The van der Waals surface area contributed by atoms with Gasteiger partial charge in [-0.05, 0) is 47.2 Å². The largest absolute Gasteiger partial charge is 0.495 e. The number of ether oxygens (including phenoxy) is 1. The molecule has 22 heavy (non-hydrogen) atoms. The molecule has 1 aromatic carbocycles. The molecule has 0 spiro atoms. The third kappa shape index (κ3) is 3.78. The van der Waals surface area contributed by atoms with E-state index in [0.29, 0.717) is 11.7 Å². The second kappa shape index (κ2) is 7.60. The van der Waals surface area contributed by atoms with Gasteiger partial charge >= 0.3 is 0 Å². The molecule has 0 aliphatic carbocycles. The second-order valence-electron chi connectivity index (χ2n) is 4.74. The minimum atomic E-state index is 0.625. The van der Waals surface area contributed by atoms with Crippen molar-refractivity contribution >= 4 is 38.9 Å². The number of benzene rings is 1. The minimum Gasteiger partial charge on any atom is -0.495 e. The molecule has 0 aliphatic rings. The number of nitrogens with zero attached hydrogens (tertiary/aromatic N) is 3. The Morgan fingerprint density at radius 3 is 2.86 bits per heavy atom. The van der Waals surface area contributed by atoms with Crippen molar-refractivity contribution in [3.05, 3.63) is 40.6 Å². The lowest BCUT2D eigenvalue weighted by Gasteiger charge is -2.22. The Kier molecular flexibility index (Phi) is 5.79. The van der Waals surface area contributed by atoms with E-state index in [1.807, 2.05) is 47.1 Å². The minimum absolute atomic E-state index is 0.625. The van der Waals surface area contributed by atoms with Crippen molar-refractivity contribution in [3.63, 3.8) is 0 Å². The van der Waals surface area contributed by atoms with Gasteiger partial charge in [-0.1, -0.05) is 12.1 Å². The summed E-state index contributed by atoms with van der Waals surface area (Å²) in [7, 11) is 3.59. The van der Waals surface area contributed by atoms with E-state index < -0.39 is 0 Å². The summed E-state index contributed by atoms with van der Waals surface area (Å²) in [5, 5.41) is 8.16. The number of hydrogen-bond acceptors (Lipinski definition) is 3. The van der Waals surface area contributed by atoms with Gasteiger partial charge in [-0.2, -0.15) is 5.10 Å². The highest BCUT2D eigenvalue weighted by atomic mass is 79.9. The van der Waals surface area contributed by atoms with E-state index in [2.05, 4.69) is 33.3 Å². The summed E-state index contributed by atoms with van der Waals surface area (Å²) in [5.74, 6) is 0.762. The Hall–Kier alpha value is -1.60. The summed E-state index contributed by atoms with van der Waals surface area (Å²) in [4.78, 5) is 1.97. The standard InChI is InChI=1S/C15H19BrN4OS/c1-4-20-13(11(16)9-17-20)10-19(2)15(22)18-12-7-5-6-8-14(12)21-3/h5-9H,4,10H2,1-3H3,(H,18,22). The first-order valence-corrected chi connectivity index (χ1v) is 8.12. The molecule has 118 valence electrons. The first kappa shape index (κ1) is 16.8. The second-order valence-corrected chi connectivity index (χ2v) is 5.98. The zero-order chi connectivity index (χ0) is 16.1. The predicted molar refractivity (Wildman–Crippen MR) is 96.3 cm³/mol. The molecule has 0 amide bonds. The van der Waals surface area contributed by atoms with E-state index >= 15 is 0 Å². The van der Waals surface area contributed by atoms with Crippen molar-refractivity contribution < 1.29 is 4.74 Å². The van der Waals surface area contributed by atoms with Crippen LogP contribution in [0.25, 0.3) is 0 Å². The average Bonchev–Trinajstić information content (AvgIpc) is 2.88. The fraction of sp³-hybridized carbons (Fsp3) is 0.333. The van der Waals surface area contributed by atoms with Gasteiger partial charge in [-0.3, -0.25) is 4.68 Å². The lowest BCUT2D eigenvalue weighted by molar-refractivity contribution is 0.416. The lowest BCUT2D eigenvalue weighted by Crippen LogP contribution is -2.31. The van der Waals surface area contributed by atoms with E-state index in [-0.39, 0.29) is 0 Å². The van der Waals surface area contributed by atoms with Crippen molar-refractivity contribution in [2.75, 3.05) is 19.5 Å². The third-order valence-corrected chi connectivity index (χ3v) is 4.36. The Labute approximate surface area is 144 Å². The van der Waals surface area contributed by atoms with E-state index in [9.17, 15) is 0 Å². The molecule has 7 heteroatoms. The molecular weight excluding hydrogens is 364 g/mol. The van der Waals surface area contributed by atoms with Gasteiger partial charge in [0, 0.05) is 13.6 Å². The summed E-state index contributed by atoms with van der Waals surface area (Å²) >= 11 is 9.01. The molecule has 0 aliphatic heterocycles. The fourth-order valence-electron chi connectivity index (χ4n) is 2.07. The maximum atomic E-state index is 5.48. The normalized spacial score (nSPS) is 10.4. The highest BCUT2D eigenvalue weighted by Gasteiger charge is 2.13. The van der Waals surface area contributed by atoms with Crippen LogP contribution in [0, 0.1) is 0 Å². The number of thiocarbonyl (C=S) groups is 1. The topological polar surface area (TPSA) is 42.3 Å². The van der Waals surface area contributed by atoms with Crippen molar-refractivity contribution in [2.24, 2.45) is 0 Å². The Morgan fingerprint density at radius 1 is 1.45 bits per heavy atom. The zero-order valence-electron chi connectivity index (χ0n) is 12.8.